The maximum absolute atomic E-state index is 13.6. The second-order valence-electron chi connectivity index (χ2n) is 6.12. The first kappa shape index (κ1) is 16.3. The van der Waals surface area contributed by atoms with Crippen LogP contribution in [0.15, 0.2) is 35.2 Å². The average Bonchev–Trinajstić information content (AvgIpc) is 3.26. The van der Waals surface area contributed by atoms with Crippen molar-refractivity contribution in [1.82, 2.24) is 0 Å². The van der Waals surface area contributed by atoms with Gasteiger partial charge in [0.15, 0.2) is 11.6 Å². The lowest BCUT2D eigenvalue weighted by Crippen LogP contribution is -2.19. The highest BCUT2D eigenvalue weighted by Crippen LogP contribution is 2.33. The molecule has 1 aromatic carbocycles. The number of anilines is 2. The minimum atomic E-state index is -1.02. The van der Waals surface area contributed by atoms with Crippen LogP contribution in [0.25, 0.3) is 0 Å². The Morgan fingerprint density at radius 1 is 1.17 bits per heavy atom. The predicted molar refractivity (Wildman–Crippen MR) is 89.0 cm³/mol. The lowest BCUT2D eigenvalue weighted by atomic mass is 10.0. The zero-order valence-corrected chi connectivity index (χ0v) is 13.2. The average molecular weight is 334 g/mol. The summed E-state index contributed by atoms with van der Waals surface area (Å²) in [6, 6.07) is 2.25. The van der Waals surface area contributed by atoms with E-state index < -0.39 is 17.5 Å². The molecule has 1 aromatic rings. The zero-order chi connectivity index (χ0) is 17.3. The highest BCUT2D eigenvalue weighted by atomic mass is 19.2. The third-order valence-electron chi connectivity index (χ3n) is 4.24. The molecule has 0 saturated heterocycles. The van der Waals surface area contributed by atoms with Gasteiger partial charge in [0, 0.05) is 30.1 Å². The minimum Gasteiger partial charge on any atom is -0.404 e. The van der Waals surface area contributed by atoms with Gasteiger partial charge in [-0.05, 0) is 37.7 Å². The van der Waals surface area contributed by atoms with Gasteiger partial charge in [0.2, 0.25) is 0 Å². The summed E-state index contributed by atoms with van der Waals surface area (Å²) in [4.78, 5) is 12.5. The Hall–Kier alpha value is -2.57. The normalized spacial score (nSPS) is 18.0. The van der Waals surface area contributed by atoms with Crippen LogP contribution < -0.4 is 22.1 Å². The largest absolute Gasteiger partial charge is 0.404 e. The third kappa shape index (κ3) is 3.34. The standard InChI is InChI=1S/C17H20F2N4O/c18-12-6-15(22-9-4-5-9)16(7-13(12)19)23-17(24)11(8-20)10-2-1-3-14(10)21/h6-9,22H,1-5,20-21H2,(H,23,24)/b11-8+. The molecule has 0 aromatic heterocycles. The molecule has 24 heavy (non-hydrogen) atoms. The molecule has 3 rings (SSSR count). The van der Waals surface area contributed by atoms with Crippen LogP contribution in [0.3, 0.4) is 0 Å². The minimum absolute atomic E-state index is 0.183. The summed E-state index contributed by atoms with van der Waals surface area (Å²) in [5, 5.41) is 5.70. The Balaban J connectivity index is 1.85. The molecule has 0 spiro atoms. The number of allylic oxidation sites excluding steroid dienone is 1. The molecule has 0 bridgehead atoms. The van der Waals surface area contributed by atoms with Gasteiger partial charge < -0.3 is 22.1 Å². The van der Waals surface area contributed by atoms with Crippen molar-refractivity contribution >= 4 is 17.3 Å². The summed E-state index contributed by atoms with van der Waals surface area (Å²) in [5.41, 5.74) is 13.7. The van der Waals surface area contributed by atoms with Gasteiger partial charge in [-0.1, -0.05) is 0 Å². The maximum atomic E-state index is 13.6. The first-order valence-corrected chi connectivity index (χ1v) is 7.96. The lowest BCUT2D eigenvalue weighted by Gasteiger charge is -2.15. The molecule has 1 fully saturated rings. The number of nitrogens with two attached hydrogens (primary N) is 2. The molecule has 0 atom stereocenters. The molecule has 6 N–H and O–H groups in total. The van der Waals surface area contributed by atoms with Crippen molar-refractivity contribution in [2.45, 2.75) is 38.1 Å². The van der Waals surface area contributed by atoms with Crippen molar-refractivity contribution in [1.29, 1.82) is 0 Å². The fourth-order valence-corrected chi connectivity index (χ4v) is 2.79. The molecule has 2 aliphatic carbocycles. The van der Waals surface area contributed by atoms with Crippen LogP contribution >= 0.6 is 0 Å². The fourth-order valence-electron chi connectivity index (χ4n) is 2.79. The van der Waals surface area contributed by atoms with E-state index in [1.807, 2.05) is 0 Å². The van der Waals surface area contributed by atoms with Gasteiger partial charge in [0.05, 0.1) is 16.9 Å². The number of rotatable bonds is 5. The molecule has 0 radical (unpaired) electrons. The summed E-state index contributed by atoms with van der Waals surface area (Å²) in [7, 11) is 0. The number of hydrogen-bond donors (Lipinski definition) is 4. The number of carbonyl (C=O) groups excluding carboxylic acids is 1. The number of carbonyl (C=O) groups is 1. The predicted octanol–water partition coefficient (Wildman–Crippen LogP) is 2.72. The van der Waals surface area contributed by atoms with E-state index in [1.54, 1.807) is 0 Å². The van der Waals surface area contributed by atoms with Crippen LogP contribution in [-0.4, -0.2) is 11.9 Å². The van der Waals surface area contributed by atoms with Gasteiger partial charge >= 0.3 is 0 Å². The third-order valence-corrected chi connectivity index (χ3v) is 4.24. The van der Waals surface area contributed by atoms with Gasteiger partial charge in [-0.2, -0.15) is 0 Å². The van der Waals surface area contributed by atoms with E-state index in [-0.39, 0.29) is 17.3 Å². The molecule has 0 aliphatic heterocycles. The number of nitrogens with one attached hydrogen (secondary N) is 2. The fraction of sp³-hybridized carbons (Fsp3) is 0.353. The van der Waals surface area contributed by atoms with Crippen LogP contribution in [0, 0.1) is 11.6 Å². The number of halogens is 2. The molecule has 5 nitrogen and oxygen atoms in total. The van der Waals surface area contributed by atoms with Crippen LogP contribution in [-0.2, 0) is 4.79 Å². The van der Waals surface area contributed by atoms with Crippen LogP contribution in [0.5, 0.6) is 0 Å². The molecule has 0 unspecified atom stereocenters. The van der Waals surface area contributed by atoms with Crippen molar-refractivity contribution in [2.24, 2.45) is 11.5 Å². The topological polar surface area (TPSA) is 93.2 Å². The smallest absolute Gasteiger partial charge is 0.257 e. The van der Waals surface area contributed by atoms with Crippen molar-refractivity contribution in [3.63, 3.8) is 0 Å². The molecule has 128 valence electrons. The van der Waals surface area contributed by atoms with Gasteiger partial charge in [0.25, 0.3) is 5.91 Å². The Kier molecular flexibility index (Phi) is 4.42. The van der Waals surface area contributed by atoms with Gasteiger partial charge in [-0.3, -0.25) is 4.79 Å². The van der Waals surface area contributed by atoms with Crippen molar-refractivity contribution in [2.75, 3.05) is 10.6 Å². The van der Waals surface area contributed by atoms with Crippen molar-refractivity contribution in [3.8, 4) is 0 Å². The van der Waals surface area contributed by atoms with E-state index in [2.05, 4.69) is 10.6 Å². The van der Waals surface area contributed by atoms with Gasteiger partial charge in [-0.15, -0.1) is 0 Å². The summed E-state index contributed by atoms with van der Waals surface area (Å²) >= 11 is 0. The van der Waals surface area contributed by atoms with Crippen molar-refractivity contribution in [3.05, 3.63) is 46.8 Å². The van der Waals surface area contributed by atoms with Gasteiger partial charge in [0.1, 0.15) is 0 Å². The SMILES string of the molecule is N/C=C(/C(=O)Nc1cc(F)c(F)cc1NC1CC1)C1=C(N)CCC1. The van der Waals surface area contributed by atoms with Crippen LogP contribution in [0.2, 0.25) is 0 Å². The van der Waals surface area contributed by atoms with Crippen molar-refractivity contribution < 1.29 is 13.6 Å². The molecular formula is C17H20F2N4O. The summed E-state index contributed by atoms with van der Waals surface area (Å²) in [6.45, 7) is 0. The highest BCUT2D eigenvalue weighted by Gasteiger charge is 2.25. The summed E-state index contributed by atoms with van der Waals surface area (Å²) in [6.07, 6.45) is 5.39. The van der Waals surface area contributed by atoms with E-state index in [0.29, 0.717) is 23.4 Å². The molecule has 1 amide bonds. The van der Waals surface area contributed by atoms with E-state index >= 15 is 0 Å². The lowest BCUT2D eigenvalue weighted by molar-refractivity contribution is -0.112. The number of hydrogen-bond acceptors (Lipinski definition) is 4. The van der Waals surface area contributed by atoms with E-state index in [4.69, 9.17) is 11.5 Å². The van der Waals surface area contributed by atoms with E-state index in [1.165, 1.54) is 6.20 Å². The first-order chi connectivity index (χ1) is 11.5. The van der Waals surface area contributed by atoms with Crippen LogP contribution in [0.4, 0.5) is 20.2 Å². The first-order valence-electron chi connectivity index (χ1n) is 7.96. The summed E-state index contributed by atoms with van der Waals surface area (Å²) < 4.78 is 27.1. The molecular weight excluding hydrogens is 314 g/mol. The Labute approximate surface area is 138 Å². The van der Waals surface area contributed by atoms with E-state index in [9.17, 15) is 13.6 Å². The monoisotopic (exact) mass is 334 g/mol. The van der Waals surface area contributed by atoms with E-state index in [0.717, 1.165) is 37.8 Å². The number of amides is 1. The Morgan fingerprint density at radius 3 is 2.38 bits per heavy atom. The molecule has 7 heteroatoms. The quantitative estimate of drug-likeness (QED) is 0.623. The maximum Gasteiger partial charge on any atom is 0.257 e. The highest BCUT2D eigenvalue weighted by molar-refractivity contribution is 6.08. The van der Waals surface area contributed by atoms with Gasteiger partial charge in [-0.25, -0.2) is 8.78 Å². The summed E-state index contributed by atoms with van der Waals surface area (Å²) in [5.74, 6) is -2.47. The Bertz CT molecular complexity index is 738. The molecule has 0 heterocycles. The number of benzene rings is 1. The second-order valence-corrected chi connectivity index (χ2v) is 6.12. The Morgan fingerprint density at radius 2 is 1.83 bits per heavy atom. The zero-order valence-electron chi connectivity index (χ0n) is 13.2. The second kappa shape index (κ2) is 6.51. The van der Waals surface area contributed by atoms with Crippen LogP contribution in [0.1, 0.15) is 32.1 Å². The molecule has 2 aliphatic rings. The molecule has 1 saturated carbocycles.